The maximum absolute atomic E-state index is 13.6. The molecule has 1 fully saturated rings. The Morgan fingerprint density at radius 2 is 2.08 bits per heavy atom. The number of carbonyl (C=O) groups is 1. The molecule has 1 aromatic rings. The maximum atomic E-state index is 13.6. The van der Waals surface area contributed by atoms with Gasteiger partial charge in [0, 0.05) is 32.7 Å². The number of likely N-dealkylation sites (tertiary alicyclic amines) is 1. The minimum Gasteiger partial charge on any atom is -0.453 e. The summed E-state index contributed by atoms with van der Waals surface area (Å²) in [5.74, 6) is -0.258. The minimum atomic E-state index is -0.448. The molecule has 0 bridgehead atoms. The fourth-order valence-electron chi connectivity index (χ4n) is 2.77. The summed E-state index contributed by atoms with van der Waals surface area (Å²) in [7, 11) is 3.03. The van der Waals surface area contributed by atoms with Crippen molar-refractivity contribution in [3.63, 3.8) is 0 Å². The summed E-state index contributed by atoms with van der Waals surface area (Å²) in [6.07, 6.45) is 1.62. The zero-order valence-corrected chi connectivity index (χ0v) is 14.5. The summed E-state index contributed by atoms with van der Waals surface area (Å²) in [5.41, 5.74) is 0.328. The van der Waals surface area contributed by atoms with Gasteiger partial charge in [-0.15, -0.1) is 0 Å². The summed E-state index contributed by atoms with van der Waals surface area (Å²) >= 11 is 0. The summed E-state index contributed by atoms with van der Waals surface area (Å²) in [4.78, 5) is 17.3. The van der Waals surface area contributed by atoms with E-state index >= 15 is 0 Å². The van der Waals surface area contributed by atoms with Crippen molar-refractivity contribution in [3.8, 4) is 0 Å². The van der Waals surface area contributed by atoms with Gasteiger partial charge in [-0.25, -0.2) is 13.6 Å². The molecule has 2 rings (SSSR count). The molecule has 0 radical (unpaired) electrons. The van der Waals surface area contributed by atoms with Crippen LogP contribution in [-0.2, 0) is 11.2 Å². The van der Waals surface area contributed by atoms with Crippen molar-refractivity contribution in [1.82, 2.24) is 15.5 Å². The lowest BCUT2D eigenvalue weighted by atomic mass is 10.1. The van der Waals surface area contributed by atoms with Gasteiger partial charge in [0.2, 0.25) is 0 Å². The van der Waals surface area contributed by atoms with E-state index in [4.69, 9.17) is 4.74 Å². The van der Waals surface area contributed by atoms with Crippen LogP contribution in [0.4, 0.5) is 13.6 Å². The highest BCUT2D eigenvalue weighted by Crippen LogP contribution is 2.12. The zero-order valence-electron chi connectivity index (χ0n) is 14.5. The SMILES string of the molecule is CN=C(NCCc1cc(F)ccc1F)NC1CCN(C(=O)OC)CC1. The highest BCUT2D eigenvalue weighted by atomic mass is 19.1. The highest BCUT2D eigenvalue weighted by molar-refractivity contribution is 5.80. The van der Waals surface area contributed by atoms with Crippen LogP contribution >= 0.6 is 0 Å². The molecule has 0 spiro atoms. The second-order valence-electron chi connectivity index (χ2n) is 5.86. The van der Waals surface area contributed by atoms with Crippen LogP contribution in [0.1, 0.15) is 18.4 Å². The largest absolute Gasteiger partial charge is 0.453 e. The number of amides is 1. The molecule has 1 amide bonds. The number of carbonyl (C=O) groups excluding carboxylic acids is 1. The average molecular weight is 354 g/mol. The van der Waals surface area contributed by atoms with E-state index in [0.717, 1.165) is 25.0 Å². The Morgan fingerprint density at radius 1 is 1.36 bits per heavy atom. The molecule has 1 aromatic carbocycles. The Kier molecular flexibility index (Phi) is 6.97. The molecular weight excluding hydrogens is 330 g/mol. The van der Waals surface area contributed by atoms with Crippen LogP contribution in [0.15, 0.2) is 23.2 Å². The smallest absolute Gasteiger partial charge is 0.409 e. The molecule has 2 N–H and O–H groups in total. The first kappa shape index (κ1) is 19.0. The van der Waals surface area contributed by atoms with Gasteiger partial charge in [-0.05, 0) is 43.0 Å². The van der Waals surface area contributed by atoms with Crippen molar-refractivity contribution < 1.29 is 18.3 Å². The van der Waals surface area contributed by atoms with Gasteiger partial charge in [0.05, 0.1) is 7.11 Å². The first-order valence-corrected chi connectivity index (χ1v) is 8.27. The lowest BCUT2D eigenvalue weighted by Gasteiger charge is -2.32. The molecule has 1 saturated heterocycles. The number of rotatable bonds is 4. The molecular formula is C17H24F2N4O2. The third kappa shape index (κ3) is 5.58. The molecule has 25 heavy (non-hydrogen) atoms. The minimum absolute atomic E-state index is 0.193. The van der Waals surface area contributed by atoms with Crippen molar-refractivity contribution in [1.29, 1.82) is 0 Å². The van der Waals surface area contributed by atoms with E-state index in [9.17, 15) is 13.6 Å². The van der Waals surface area contributed by atoms with Crippen LogP contribution in [0.25, 0.3) is 0 Å². The first-order valence-electron chi connectivity index (χ1n) is 8.27. The van der Waals surface area contributed by atoms with E-state index in [0.29, 0.717) is 37.6 Å². The van der Waals surface area contributed by atoms with E-state index in [-0.39, 0.29) is 12.1 Å². The number of aliphatic imine (C=N–C) groups is 1. The van der Waals surface area contributed by atoms with Crippen LogP contribution in [0.5, 0.6) is 0 Å². The first-order chi connectivity index (χ1) is 12.0. The number of halogens is 2. The highest BCUT2D eigenvalue weighted by Gasteiger charge is 2.23. The van der Waals surface area contributed by atoms with Crippen LogP contribution in [0.3, 0.4) is 0 Å². The third-order valence-corrected chi connectivity index (χ3v) is 4.19. The number of piperidine rings is 1. The second kappa shape index (κ2) is 9.19. The molecule has 0 unspecified atom stereocenters. The van der Waals surface area contributed by atoms with Gasteiger partial charge in [0.1, 0.15) is 11.6 Å². The van der Waals surface area contributed by atoms with Crippen molar-refractivity contribution in [2.45, 2.75) is 25.3 Å². The Bertz CT molecular complexity index is 617. The monoisotopic (exact) mass is 354 g/mol. The quantitative estimate of drug-likeness (QED) is 0.640. The van der Waals surface area contributed by atoms with E-state index in [1.165, 1.54) is 13.2 Å². The van der Waals surface area contributed by atoms with Gasteiger partial charge in [0.15, 0.2) is 5.96 Å². The predicted octanol–water partition coefficient (Wildman–Crippen LogP) is 1.90. The Balaban J connectivity index is 1.76. The average Bonchev–Trinajstić information content (AvgIpc) is 2.63. The van der Waals surface area contributed by atoms with Gasteiger partial charge in [-0.1, -0.05) is 0 Å². The number of guanidine groups is 1. The van der Waals surface area contributed by atoms with Gasteiger partial charge in [-0.2, -0.15) is 0 Å². The fraction of sp³-hybridized carbons (Fsp3) is 0.529. The van der Waals surface area contributed by atoms with Crippen LogP contribution < -0.4 is 10.6 Å². The Hall–Kier alpha value is -2.38. The van der Waals surface area contributed by atoms with Crippen LogP contribution in [0.2, 0.25) is 0 Å². The number of methoxy groups -OCH3 is 1. The summed E-state index contributed by atoms with van der Waals surface area (Å²) < 4.78 is 31.5. The second-order valence-corrected chi connectivity index (χ2v) is 5.86. The topological polar surface area (TPSA) is 66.0 Å². The lowest BCUT2D eigenvalue weighted by Crippen LogP contribution is -2.50. The van der Waals surface area contributed by atoms with Crippen molar-refractivity contribution >= 4 is 12.1 Å². The normalized spacial score (nSPS) is 15.8. The van der Waals surface area contributed by atoms with E-state index < -0.39 is 11.6 Å². The number of nitrogens with zero attached hydrogens (tertiary/aromatic N) is 2. The summed E-state index contributed by atoms with van der Waals surface area (Å²) in [6.45, 7) is 1.67. The van der Waals surface area contributed by atoms with Gasteiger partial charge in [0.25, 0.3) is 0 Å². The van der Waals surface area contributed by atoms with Crippen molar-refractivity contribution in [3.05, 3.63) is 35.4 Å². The number of hydrogen-bond donors (Lipinski definition) is 2. The standard InChI is InChI=1S/C17H24F2N4O2/c1-20-16(21-8-5-12-11-13(18)3-4-15(12)19)22-14-6-9-23(10-7-14)17(24)25-2/h3-4,11,14H,5-10H2,1-2H3,(H2,20,21,22). The predicted molar refractivity (Wildman–Crippen MR) is 91.6 cm³/mol. The molecule has 1 aliphatic heterocycles. The number of nitrogens with one attached hydrogen (secondary N) is 2. The van der Waals surface area contributed by atoms with E-state index in [1.54, 1.807) is 11.9 Å². The molecule has 1 aliphatic rings. The molecule has 8 heteroatoms. The van der Waals surface area contributed by atoms with E-state index in [2.05, 4.69) is 15.6 Å². The van der Waals surface area contributed by atoms with E-state index in [1.807, 2.05) is 0 Å². The number of ether oxygens (including phenoxy) is 1. The number of hydrogen-bond acceptors (Lipinski definition) is 3. The van der Waals surface area contributed by atoms with Crippen LogP contribution in [-0.4, -0.2) is 56.8 Å². The number of benzene rings is 1. The molecule has 0 atom stereocenters. The maximum Gasteiger partial charge on any atom is 0.409 e. The Labute approximate surface area is 146 Å². The third-order valence-electron chi connectivity index (χ3n) is 4.19. The van der Waals surface area contributed by atoms with Crippen molar-refractivity contribution in [2.75, 3.05) is 33.8 Å². The van der Waals surface area contributed by atoms with Gasteiger partial charge in [-0.3, -0.25) is 4.99 Å². The summed E-state index contributed by atoms with van der Waals surface area (Å²) in [6, 6.07) is 3.63. The zero-order chi connectivity index (χ0) is 18.2. The van der Waals surface area contributed by atoms with Gasteiger partial charge >= 0.3 is 6.09 Å². The molecule has 0 aliphatic carbocycles. The molecule has 6 nitrogen and oxygen atoms in total. The summed E-state index contributed by atoms with van der Waals surface area (Å²) in [5, 5.41) is 6.39. The fourth-order valence-corrected chi connectivity index (χ4v) is 2.77. The van der Waals surface area contributed by atoms with Gasteiger partial charge < -0.3 is 20.3 Å². The van der Waals surface area contributed by atoms with Crippen LogP contribution in [0, 0.1) is 11.6 Å². The molecule has 1 heterocycles. The molecule has 0 aromatic heterocycles. The molecule has 138 valence electrons. The van der Waals surface area contributed by atoms with Crippen molar-refractivity contribution in [2.24, 2.45) is 4.99 Å². The lowest BCUT2D eigenvalue weighted by molar-refractivity contribution is 0.111. The molecule has 0 saturated carbocycles. The Morgan fingerprint density at radius 3 is 2.72 bits per heavy atom.